The number of hydrogen-bond acceptors (Lipinski definition) is 8. The van der Waals surface area contributed by atoms with E-state index < -0.39 is 35.5 Å². The van der Waals surface area contributed by atoms with Gasteiger partial charge in [0, 0.05) is 32.1 Å². The number of rotatable bonds is 18. The van der Waals surface area contributed by atoms with E-state index in [1.165, 1.54) is 12.1 Å². The van der Waals surface area contributed by atoms with Gasteiger partial charge in [-0.15, -0.1) is 0 Å². The molecule has 0 bridgehead atoms. The van der Waals surface area contributed by atoms with Crippen molar-refractivity contribution >= 4 is 23.9 Å². The van der Waals surface area contributed by atoms with Crippen molar-refractivity contribution in [3.63, 3.8) is 0 Å². The van der Waals surface area contributed by atoms with Gasteiger partial charge < -0.3 is 25.1 Å². The Hall–Kier alpha value is -2.94. The Balaban J connectivity index is 3.11. The largest absolute Gasteiger partial charge is 0.480 e. The highest BCUT2D eigenvalue weighted by atomic mass is 16.6. The van der Waals surface area contributed by atoms with Crippen molar-refractivity contribution in [2.45, 2.75) is 117 Å². The van der Waals surface area contributed by atoms with Crippen LogP contribution in [0.1, 0.15) is 104 Å². The number of carbonyl (C=O) groups excluding carboxylic acids is 3. The van der Waals surface area contributed by atoms with Crippen LogP contribution in [0.4, 0.5) is 0 Å². The number of unbranched alkanes of at least 4 members (excludes halogenated alkanes) is 4. The molecule has 9 nitrogen and oxygen atoms in total. The van der Waals surface area contributed by atoms with Gasteiger partial charge in [-0.05, 0) is 43.4 Å². The van der Waals surface area contributed by atoms with Crippen LogP contribution in [0.2, 0.25) is 0 Å². The van der Waals surface area contributed by atoms with E-state index in [2.05, 4.69) is 0 Å². The summed E-state index contributed by atoms with van der Waals surface area (Å²) < 4.78 is 16.4. The van der Waals surface area contributed by atoms with Gasteiger partial charge in [-0.2, -0.15) is 0 Å². The molecule has 1 rings (SSSR count). The summed E-state index contributed by atoms with van der Waals surface area (Å²) in [4.78, 5) is 48.9. The lowest BCUT2D eigenvalue weighted by atomic mass is 9.86. The summed E-state index contributed by atoms with van der Waals surface area (Å²) >= 11 is 0. The molecule has 214 valence electrons. The Morgan fingerprint density at radius 3 is 1.92 bits per heavy atom. The fraction of sp³-hybridized carbons (Fsp3) is 0.655. The third kappa shape index (κ3) is 12.5. The van der Waals surface area contributed by atoms with Gasteiger partial charge in [0.25, 0.3) is 0 Å². The highest BCUT2D eigenvalue weighted by Gasteiger charge is 2.37. The first-order valence-electron chi connectivity index (χ1n) is 13.7. The van der Waals surface area contributed by atoms with Crippen molar-refractivity contribution in [3.05, 3.63) is 23.8 Å². The van der Waals surface area contributed by atoms with Crippen LogP contribution in [0, 0.1) is 5.92 Å². The first-order chi connectivity index (χ1) is 17.9. The molecule has 0 saturated heterocycles. The van der Waals surface area contributed by atoms with E-state index in [1.54, 1.807) is 13.0 Å². The fourth-order valence-electron chi connectivity index (χ4n) is 3.97. The predicted octanol–water partition coefficient (Wildman–Crippen LogP) is 5.35. The smallest absolute Gasteiger partial charge is 0.324 e. The Bertz CT molecular complexity index is 929. The molecule has 0 aliphatic heterocycles. The number of hydrogen-bond donors (Lipinski definition) is 2. The van der Waals surface area contributed by atoms with Crippen LogP contribution in [0.15, 0.2) is 18.2 Å². The van der Waals surface area contributed by atoms with Crippen LogP contribution in [0.25, 0.3) is 0 Å². The summed E-state index contributed by atoms with van der Waals surface area (Å²) in [6.07, 6.45) is 4.73. The molecular weight excluding hydrogens is 490 g/mol. The maximum absolute atomic E-state index is 12.4. The third-order valence-corrected chi connectivity index (χ3v) is 5.93. The minimum absolute atomic E-state index is 0.0389. The minimum Gasteiger partial charge on any atom is -0.480 e. The molecule has 1 unspecified atom stereocenters. The molecule has 2 atom stereocenters. The van der Waals surface area contributed by atoms with E-state index in [0.29, 0.717) is 18.4 Å². The maximum Gasteiger partial charge on any atom is 0.324 e. The Morgan fingerprint density at radius 1 is 0.868 bits per heavy atom. The molecule has 0 aliphatic rings. The molecule has 0 heterocycles. The Labute approximate surface area is 226 Å². The van der Waals surface area contributed by atoms with Gasteiger partial charge in [0.1, 0.15) is 11.6 Å². The lowest BCUT2D eigenvalue weighted by Gasteiger charge is -2.28. The second-order valence-electron chi connectivity index (χ2n) is 10.4. The maximum atomic E-state index is 12.4. The first-order valence-corrected chi connectivity index (χ1v) is 13.7. The van der Waals surface area contributed by atoms with Crippen molar-refractivity contribution in [2.75, 3.05) is 0 Å². The summed E-state index contributed by atoms with van der Waals surface area (Å²) in [5, 5.41) is 9.91. The molecule has 1 aromatic carbocycles. The number of carboxylic acids is 1. The highest BCUT2D eigenvalue weighted by Crippen LogP contribution is 2.32. The molecule has 1 aromatic rings. The number of carbonyl (C=O) groups is 4. The zero-order valence-corrected chi connectivity index (χ0v) is 23.5. The van der Waals surface area contributed by atoms with Crippen molar-refractivity contribution in [2.24, 2.45) is 11.7 Å². The fourth-order valence-corrected chi connectivity index (χ4v) is 3.97. The zero-order valence-electron chi connectivity index (χ0n) is 23.5. The molecule has 0 amide bonds. The highest BCUT2D eigenvalue weighted by molar-refractivity contribution is 5.80. The summed E-state index contributed by atoms with van der Waals surface area (Å²) in [5.41, 5.74) is 5.00. The van der Waals surface area contributed by atoms with Gasteiger partial charge >= 0.3 is 23.9 Å². The molecule has 38 heavy (non-hydrogen) atoms. The third-order valence-electron chi connectivity index (χ3n) is 5.93. The van der Waals surface area contributed by atoms with E-state index in [1.807, 2.05) is 27.7 Å². The second kappa shape index (κ2) is 16.8. The van der Waals surface area contributed by atoms with E-state index in [-0.39, 0.29) is 49.5 Å². The van der Waals surface area contributed by atoms with Gasteiger partial charge in [-0.25, -0.2) is 0 Å². The number of benzene rings is 1. The molecule has 9 heteroatoms. The number of esters is 3. The number of ether oxygens (including phenoxy) is 3. The van der Waals surface area contributed by atoms with Crippen molar-refractivity contribution in [1.82, 2.24) is 0 Å². The SMILES string of the molecule is CCCCCC(=O)Oc1ccc(CC(N)(C[C@H](C)OC(=O)CC(C)C)C(=O)O)cc1OC(=O)CCCCC. The summed E-state index contributed by atoms with van der Waals surface area (Å²) in [7, 11) is 0. The van der Waals surface area contributed by atoms with Crippen LogP contribution in [-0.4, -0.2) is 40.6 Å². The second-order valence-corrected chi connectivity index (χ2v) is 10.4. The number of carboxylic acid groups (broad SMARTS) is 1. The molecule has 0 fully saturated rings. The number of aliphatic carboxylic acids is 1. The quantitative estimate of drug-likeness (QED) is 0.144. The first kappa shape index (κ1) is 33.1. The average molecular weight is 536 g/mol. The van der Waals surface area contributed by atoms with Crippen LogP contribution in [0.5, 0.6) is 11.5 Å². The Morgan fingerprint density at radius 2 is 1.42 bits per heavy atom. The van der Waals surface area contributed by atoms with Crippen molar-refractivity contribution in [3.8, 4) is 11.5 Å². The van der Waals surface area contributed by atoms with Crippen LogP contribution in [0.3, 0.4) is 0 Å². The van der Waals surface area contributed by atoms with Crippen LogP contribution < -0.4 is 15.2 Å². The lowest BCUT2D eigenvalue weighted by molar-refractivity contribution is -0.154. The van der Waals surface area contributed by atoms with Crippen LogP contribution in [-0.2, 0) is 30.3 Å². The average Bonchev–Trinajstić information content (AvgIpc) is 2.80. The normalized spacial score (nSPS) is 13.4. The van der Waals surface area contributed by atoms with Crippen molar-refractivity contribution < 1.29 is 38.5 Å². The van der Waals surface area contributed by atoms with Crippen molar-refractivity contribution in [1.29, 1.82) is 0 Å². The summed E-state index contributed by atoms with van der Waals surface area (Å²) in [6.45, 7) is 9.44. The van der Waals surface area contributed by atoms with E-state index in [9.17, 15) is 24.3 Å². The van der Waals surface area contributed by atoms with Gasteiger partial charge in [0.2, 0.25) is 0 Å². The molecule has 0 radical (unpaired) electrons. The van der Waals surface area contributed by atoms with E-state index >= 15 is 0 Å². The monoisotopic (exact) mass is 535 g/mol. The zero-order chi connectivity index (χ0) is 28.7. The van der Waals surface area contributed by atoms with E-state index in [0.717, 1.165) is 25.7 Å². The molecule has 0 saturated carbocycles. The predicted molar refractivity (Wildman–Crippen MR) is 144 cm³/mol. The van der Waals surface area contributed by atoms with Gasteiger partial charge in [0.05, 0.1) is 0 Å². The molecule has 0 aliphatic carbocycles. The molecular formula is C29H45NO8. The molecule has 3 N–H and O–H groups in total. The Kier molecular flexibility index (Phi) is 14.6. The minimum atomic E-state index is -1.75. The topological polar surface area (TPSA) is 142 Å². The molecule has 0 spiro atoms. The standard InChI is InChI=1S/C29H45NO8/c1-6-8-10-12-25(31)37-23-15-14-22(17-24(23)38-26(32)13-11-9-7-2)19-29(30,28(34)35)18-21(5)36-27(33)16-20(3)4/h14-15,17,20-21H,6-13,16,18-19,30H2,1-5H3,(H,34,35)/t21-,29?/m0/s1. The van der Waals surface area contributed by atoms with Crippen LogP contribution >= 0.6 is 0 Å². The van der Waals surface area contributed by atoms with Gasteiger partial charge in [-0.3, -0.25) is 19.2 Å². The summed E-state index contributed by atoms with van der Waals surface area (Å²) in [6, 6.07) is 4.55. The van der Waals surface area contributed by atoms with Gasteiger partial charge in [0.15, 0.2) is 11.5 Å². The van der Waals surface area contributed by atoms with E-state index in [4.69, 9.17) is 19.9 Å². The lowest BCUT2D eigenvalue weighted by Crippen LogP contribution is -2.52. The molecule has 0 aromatic heterocycles. The summed E-state index contributed by atoms with van der Waals surface area (Å²) in [5.74, 6) is -2.34. The number of nitrogens with two attached hydrogens (primary N) is 1. The van der Waals surface area contributed by atoms with Gasteiger partial charge in [-0.1, -0.05) is 59.4 Å².